The lowest BCUT2D eigenvalue weighted by Gasteiger charge is -2.21. The number of nitrogens with zero attached hydrogens (tertiary/aromatic N) is 2. The minimum absolute atomic E-state index is 0.534. The molecule has 0 bridgehead atoms. The van der Waals surface area contributed by atoms with E-state index < -0.39 is 0 Å². The molecule has 3 nitrogen and oxygen atoms in total. The van der Waals surface area contributed by atoms with Crippen LogP contribution in [0.5, 0.6) is 0 Å². The summed E-state index contributed by atoms with van der Waals surface area (Å²) in [4.78, 5) is 9.15. The second-order valence-electron chi connectivity index (χ2n) is 5.14. The third-order valence-electron chi connectivity index (χ3n) is 3.67. The normalized spacial score (nSPS) is 19.3. The Morgan fingerprint density at radius 1 is 1.11 bits per heavy atom. The van der Waals surface area contributed by atoms with Crippen molar-refractivity contribution in [3.8, 4) is 0 Å². The highest BCUT2D eigenvalue weighted by atomic mass is 14.9. The van der Waals surface area contributed by atoms with E-state index in [9.17, 15) is 0 Å². The van der Waals surface area contributed by atoms with Crippen LogP contribution in [0.25, 0.3) is 0 Å². The molecule has 0 amide bonds. The van der Waals surface area contributed by atoms with Gasteiger partial charge in [0.15, 0.2) is 0 Å². The van der Waals surface area contributed by atoms with Gasteiger partial charge >= 0.3 is 0 Å². The van der Waals surface area contributed by atoms with Crippen LogP contribution >= 0.6 is 0 Å². The first-order valence-corrected chi connectivity index (χ1v) is 6.97. The Kier molecular flexibility index (Phi) is 3.84. The second kappa shape index (κ2) is 5.93. The maximum atomic E-state index is 4.60. The van der Waals surface area contributed by atoms with Crippen molar-refractivity contribution in [3.05, 3.63) is 59.7 Å². The zero-order valence-corrected chi connectivity index (χ0v) is 11.0. The Balaban J connectivity index is 1.68. The molecule has 0 aliphatic carbocycles. The highest BCUT2D eigenvalue weighted by Gasteiger charge is 2.16. The van der Waals surface area contributed by atoms with Crippen molar-refractivity contribution in [2.75, 3.05) is 13.1 Å². The summed E-state index contributed by atoms with van der Waals surface area (Å²) in [6.45, 7) is 2.17. The zero-order valence-electron chi connectivity index (χ0n) is 11.0. The lowest BCUT2D eigenvalue weighted by Crippen LogP contribution is -2.28. The molecule has 1 N–H and O–H groups in total. The van der Waals surface area contributed by atoms with Crippen molar-refractivity contribution in [2.45, 2.75) is 25.2 Å². The Bertz CT molecular complexity index is 501. The van der Waals surface area contributed by atoms with E-state index in [4.69, 9.17) is 0 Å². The molecule has 1 aliphatic heterocycles. The third-order valence-corrected chi connectivity index (χ3v) is 3.67. The zero-order chi connectivity index (χ0) is 12.9. The first-order chi connectivity index (χ1) is 9.42. The molecule has 19 heavy (non-hydrogen) atoms. The van der Waals surface area contributed by atoms with Crippen LogP contribution in [0.15, 0.2) is 42.7 Å². The Labute approximate surface area is 114 Å². The fourth-order valence-corrected chi connectivity index (χ4v) is 2.58. The van der Waals surface area contributed by atoms with E-state index in [-0.39, 0.29) is 0 Å². The van der Waals surface area contributed by atoms with Crippen molar-refractivity contribution < 1.29 is 0 Å². The van der Waals surface area contributed by atoms with Crippen molar-refractivity contribution >= 4 is 0 Å². The first kappa shape index (κ1) is 12.3. The molecule has 1 fully saturated rings. The molecule has 98 valence electrons. The molecular weight excluding hydrogens is 234 g/mol. The molecular formula is C16H19N3. The predicted octanol–water partition coefficient (Wildman–Crippen LogP) is 2.53. The number of piperidine rings is 1. The van der Waals surface area contributed by atoms with Gasteiger partial charge in [-0.2, -0.15) is 0 Å². The largest absolute Gasteiger partial charge is 0.316 e. The van der Waals surface area contributed by atoms with Crippen molar-refractivity contribution in [2.24, 2.45) is 0 Å². The van der Waals surface area contributed by atoms with Gasteiger partial charge in [0.1, 0.15) is 0 Å². The molecule has 0 saturated carbocycles. The van der Waals surface area contributed by atoms with Gasteiger partial charge < -0.3 is 5.32 Å². The fourth-order valence-electron chi connectivity index (χ4n) is 2.58. The molecule has 0 unspecified atom stereocenters. The van der Waals surface area contributed by atoms with Gasteiger partial charge in [-0.05, 0) is 24.9 Å². The van der Waals surface area contributed by atoms with E-state index >= 15 is 0 Å². The summed E-state index contributed by atoms with van der Waals surface area (Å²) in [5.74, 6) is 0.534. The van der Waals surface area contributed by atoms with Gasteiger partial charge in [0, 0.05) is 31.3 Å². The molecule has 0 spiro atoms. The summed E-state index contributed by atoms with van der Waals surface area (Å²) in [5, 5.41) is 3.42. The topological polar surface area (TPSA) is 37.8 Å². The highest BCUT2D eigenvalue weighted by Crippen LogP contribution is 2.20. The molecule has 1 aliphatic rings. The number of aromatic nitrogens is 2. The van der Waals surface area contributed by atoms with Gasteiger partial charge in [0.05, 0.1) is 11.4 Å². The van der Waals surface area contributed by atoms with Crippen molar-refractivity contribution in [3.63, 3.8) is 0 Å². The average molecular weight is 253 g/mol. The Morgan fingerprint density at radius 3 is 2.68 bits per heavy atom. The van der Waals surface area contributed by atoms with Crippen LogP contribution in [-0.2, 0) is 6.42 Å². The SMILES string of the molecule is c1ccc(Cc2cnc([C@@H]3CCCNC3)cn2)cc1. The second-order valence-corrected chi connectivity index (χ2v) is 5.14. The maximum absolute atomic E-state index is 4.60. The fraction of sp³-hybridized carbons (Fsp3) is 0.375. The molecule has 3 heteroatoms. The van der Waals surface area contributed by atoms with Crippen LogP contribution in [0.3, 0.4) is 0 Å². The number of hydrogen-bond acceptors (Lipinski definition) is 3. The Morgan fingerprint density at radius 2 is 2.00 bits per heavy atom. The maximum Gasteiger partial charge on any atom is 0.0630 e. The summed E-state index contributed by atoms with van der Waals surface area (Å²) >= 11 is 0. The van der Waals surface area contributed by atoms with Gasteiger partial charge in [-0.1, -0.05) is 30.3 Å². The number of hydrogen-bond donors (Lipinski definition) is 1. The monoisotopic (exact) mass is 253 g/mol. The van der Waals surface area contributed by atoms with E-state index in [1.807, 2.05) is 18.5 Å². The molecule has 2 aromatic rings. The minimum Gasteiger partial charge on any atom is -0.316 e. The number of rotatable bonds is 3. The first-order valence-electron chi connectivity index (χ1n) is 6.97. The van der Waals surface area contributed by atoms with E-state index in [2.05, 4.69) is 39.6 Å². The molecule has 0 radical (unpaired) electrons. The smallest absolute Gasteiger partial charge is 0.0630 e. The van der Waals surface area contributed by atoms with E-state index in [1.54, 1.807) is 0 Å². The quantitative estimate of drug-likeness (QED) is 0.913. The third kappa shape index (κ3) is 3.18. The Hall–Kier alpha value is -1.74. The standard InChI is InChI=1S/C16H19N3/c1-2-5-13(6-3-1)9-15-11-19-16(12-18-15)14-7-4-8-17-10-14/h1-3,5-6,11-12,14,17H,4,7-10H2/t14-/m1/s1. The molecule has 1 aromatic carbocycles. The molecule has 1 atom stereocenters. The molecule has 1 aromatic heterocycles. The van der Waals surface area contributed by atoms with Crippen LogP contribution in [0.2, 0.25) is 0 Å². The van der Waals surface area contributed by atoms with Crippen LogP contribution < -0.4 is 5.32 Å². The van der Waals surface area contributed by atoms with Gasteiger partial charge in [0.25, 0.3) is 0 Å². The molecule has 3 rings (SSSR count). The van der Waals surface area contributed by atoms with Gasteiger partial charge in [-0.15, -0.1) is 0 Å². The minimum atomic E-state index is 0.534. The van der Waals surface area contributed by atoms with Crippen molar-refractivity contribution in [1.82, 2.24) is 15.3 Å². The van der Waals surface area contributed by atoms with Crippen LogP contribution in [0.1, 0.15) is 35.7 Å². The summed E-state index contributed by atoms with van der Waals surface area (Å²) < 4.78 is 0. The predicted molar refractivity (Wildman–Crippen MR) is 76.1 cm³/mol. The van der Waals surface area contributed by atoms with Gasteiger partial charge in [-0.25, -0.2) is 0 Å². The highest BCUT2D eigenvalue weighted by molar-refractivity contribution is 5.21. The number of nitrogens with one attached hydrogen (secondary N) is 1. The summed E-state index contributed by atoms with van der Waals surface area (Å²) in [6, 6.07) is 10.4. The lowest BCUT2D eigenvalue weighted by atomic mass is 9.96. The van der Waals surface area contributed by atoms with Crippen LogP contribution in [0, 0.1) is 0 Å². The van der Waals surface area contributed by atoms with Crippen LogP contribution in [-0.4, -0.2) is 23.1 Å². The van der Waals surface area contributed by atoms with E-state index in [1.165, 1.54) is 18.4 Å². The lowest BCUT2D eigenvalue weighted by molar-refractivity contribution is 0.453. The molecule has 1 saturated heterocycles. The van der Waals surface area contributed by atoms with Crippen molar-refractivity contribution in [1.29, 1.82) is 0 Å². The number of benzene rings is 1. The average Bonchev–Trinajstić information content (AvgIpc) is 2.50. The van der Waals surface area contributed by atoms with Gasteiger partial charge in [0.2, 0.25) is 0 Å². The summed E-state index contributed by atoms with van der Waals surface area (Å²) in [5.41, 5.74) is 3.45. The van der Waals surface area contributed by atoms with E-state index in [0.717, 1.165) is 30.9 Å². The van der Waals surface area contributed by atoms with E-state index in [0.29, 0.717) is 5.92 Å². The van der Waals surface area contributed by atoms with Crippen LogP contribution in [0.4, 0.5) is 0 Å². The summed E-state index contributed by atoms with van der Waals surface area (Å²) in [7, 11) is 0. The van der Waals surface area contributed by atoms with Gasteiger partial charge in [-0.3, -0.25) is 9.97 Å². The summed E-state index contributed by atoms with van der Waals surface area (Å²) in [6.07, 6.45) is 7.20. The molecule has 2 heterocycles.